The molecule has 0 saturated carbocycles. The molecule has 174 valence electrons. The van der Waals surface area contributed by atoms with Crippen molar-refractivity contribution in [2.75, 3.05) is 0 Å². The fourth-order valence-electron chi connectivity index (χ4n) is 2.76. The lowest BCUT2D eigenvalue weighted by molar-refractivity contribution is -0.137. The van der Waals surface area contributed by atoms with E-state index in [4.69, 9.17) is 11.6 Å². The van der Waals surface area contributed by atoms with Gasteiger partial charge in [-0.2, -0.15) is 13.2 Å². The Kier molecular flexibility index (Phi) is 7.57. The molecule has 0 unspecified atom stereocenters. The fourth-order valence-corrected chi connectivity index (χ4v) is 4.00. The monoisotopic (exact) mass is 498 g/mol. The number of halogens is 4. The van der Waals surface area contributed by atoms with E-state index in [2.05, 4.69) is 15.1 Å². The second-order valence-electron chi connectivity index (χ2n) is 6.82. The number of benzene rings is 2. The summed E-state index contributed by atoms with van der Waals surface area (Å²) in [6, 6.07) is 12.3. The summed E-state index contributed by atoms with van der Waals surface area (Å²) >= 11 is 6.05. The fraction of sp³-hybridized carbons (Fsp3) is 0.143. The third kappa shape index (κ3) is 6.67. The molecule has 2 aromatic carbocycles. The van der Waals surface area contributed by atoms with Crippen LogP contribution < -0.4 is 10.1 Å². The third-order valence-corrected chi connectivity index (χ3v) is 6.12. The van der Waals surface area contributed by atoms with Crippen molar-refractivity contribution in [3.63, 3.8) is 0 Å². The van der Waals surface area contributed by atoms with Crippen molar-refractivity contribution in [2.45, 2.75) is 24.2 Å². The molecule has 0 aliphatic heterocycles. The van der Waals surface area contributed by atoms with Gasteiger partial charge in [0.25, 0.3) is 10.0 Å². The first kappa shape index (κ1) is 24.5. The van der Waals surface area contributed by atoms with Gasteiger partial charge in [-0.05, 0) is 47.5 Å². The normalized spacial score (nSPS) is 11.8. The molecule has 2 N–H and O–H groups in total. The van der Waals surface area contributed by atoms with E-state index in [0.717, 1.165) is 18.2 Å². The lowest BCUT2D eigenvalue weighted by Crippen LogP contribution is -2.49. The maximum absolute atomic E-state index is 13.1. The summed E-state index contributed by atoms with van der Waals surface area (Å²) in [6.45, 7) is -0.555. The average Bonchev–Trinajstić information content (AvgIpc) is 2.79. The van der Waals surface area contributed by atoms with Gasteiger partial charge in [-0.3, -0.25) is 4.98 Å². The van der Waals surface area contributed by atoms with Crippen LogP contribution in [0.2, 0.25) is 5.02 Å². The molecular weight excluding hydrogens is 481 g/mol. The number of amides is 2. The van der Waals surface area contributed by atoms with Gasteiger partial charge >= 0.3 is 12.2 Å². The molecule has 7 nitrogen and oxygen atoms in total. The first-order chi connectivity index (χ1) is 15.6. The quantitative estimate of drug-likeness (QED) is 0.473. The van der Waals surface area contributed by atoms with Crippen LogP contribution in [-0.2, 0) is 29.3 Å². The van der Waals surface area contributed by atoms with E-state index in [1.54, 1.807) is 24.4 Å². The van der Waals surface area contributed by atoms with Crippen molar-refractivity contribution in [3.8, 4) is 0 Å². The minimum Gasteiger partial charge on any atom is -0.333 e. The molecule has 0 aliphatic rings. The highest BCUT2D eigenvalue weighted by Gasteiger charge is 2.31. The van der Waals surface area contributed by atoms with E-state index in [9.17, 15) is 26.4 Å². The minimum absolute atomic E-state index is 0.00651. The van der Waals surface area contributed by atoms with E-state index in [-0.39, 0.29) is 22.0 Å². The van der Waals surface area contributed by atoms with Crippen molar-refractivity contribution >= 4 is 27.7 Å². The number of sulfonamides is 1. The SMILES string of the molecule is O=C(NCc1cccnc1)N(Cc1cc(C(F)(F)F)ccc1Cl)NS(=O)(=O)c1ccccc1. The van der Waals surface area contributed by atoms with Gasteiger partial charge in [0.15, 0.2) is 0 Å². The Bertz CT molecular complexity index is 1210. The Hall–Kier alpha value is -3.15. The summed E-state index contributed by atoms with van der Waals surface area (Å²) < 4.78 is 65.0. The molecule has 2 amide bonds. The highest BCUT2D eigenvalue weighted by atomic mass is 35.5. The van der Waals surface area contributed by atoms with E-state index in [1.165, 1.54) is 30.5 Å². The molecule has 0 atom stereocenters. The maximum atomic E-state index is 13.1. The molecule has 0 bridgehead atoms. The second kappa shape index (κ2) is 10.2. The Labute approximate surface area is 193 Å². The summed E-state index contributed by atoms with van der Waals surface area (Å²) in [5, 5.41) is 3.10. The molecule has 12 heteroatoms. The maximum Gasteiger partial charge on any atom is 0.416 e. The summed E-state index contributed by atoms with van der Waals surface area (Å²) in [5.41, 5.74) is -0.448. The number of urea groups is 1. The summed E-state index contributed by atoms with van der Waals surface area (Å²) in [5.74, 6) is 0. The largest absolute Gasteiger partial charge is 0.416 e. The van der Waals surface area contributed by atoms with Gasteiger partial charge in [-0.1, -0.05) is 35.9 Å². The Balaban J connectivity index is 1.89. The van der Waals surface area contributed by atoms with Crippen LogP contribution in [0.25, 0.3) is 0 Å². The van der Waals surface area contributed by atoms with Gasteiger partial charge in [0.2, 0.25) is 0 Å². The summed E-state index contributed by atoms with van der Waals surface area (Å²) in [4.78, 5) is 18.7. The van der Waals surface area contributed by atoms with Crippen molar-refractivity contribution in [3.05, 3.63) is 94.8 Å². The average molecular weight is 499 g/mol. The van der Waals surface area contributed by atoms with Gasteiger partial charge in [-0.15, -0.1) is 4.83 Å². The highest BCUT2D eigenvalue weighted by Crippen LogP contribution is 2.32. The number of aromatic nitrogens is 1. The number of nitrogens with one attached hydrogen (secondary N) is 2. The van der Waals surface area contributed by atoms with Gasteiger partial charge < -0.3 is 5.32 Å². The molecule has 0 radical (unpaired) electrons. The molecule has 0 saturated heterocycles. The van der Waals surface area contributed by atoms with Gasteiger partial charge in [0.05, 0.1) is 17.0 Å². The Morgan fingerprint density at radius 2 is 1.79 bits per heavy atom. The van der Waals surface area contributed by atoms with Crippen LogP contribution in [0.4, 0.5) is 18.0 Å². The number of nitrogens with zero attached hydrogens (tertiary/aromatic N) is 2. The first-order valence-corrected chi connectivity index (χ1v) is 11.3. The smallest absolute Gasteiger partial charge is 0.333 e. The van der Waals surface area contributed by atoms with E-state index < -0.39 is 34.3 Å². The van der Waals surface area contributed by atoms with E-state index >= 15 is 0 Å². The molecule has 0 fully saturated rings. The van der Waals surface area contributed by atoms with Crippen LogP contribution in [0.5, 0.6) is 0 Å². The zero-order chi connectivity index (χ0) is 24.1. The van der Waals surface area contributed by atoms with Gasteiger partial charge in [0.1, 0.15) is 0 Å². The Morgan fingerprint density at radius 1 is 1.06 bits per heavy atom. The van der Waals surface area contributed by atoms with Crippen LogP contribution in [0.1, 0.15) is 16.7 Å². The van der Waals surface area contributed by atoms with Crippen molar-refractivity contribution in [2.24, 2.45) is 0 Å². The van der Waals surface area contributed by atoms with Crippen LogP contribution >= 0.6 is 11.6 Å². The van der Waals surface area contributed by atoms with E-state index in [0.29, 0.717) is 10.6 Å². The van der Waals surface area contributed by atoms with Crippen molar-refractivity contribution < 1.29 is 26.4 Å². The third-order valence-electron chi connectivity index (χ3n) is 4.40. The van der Waals surface area contributed by atoms with Crippen LogP contribution in [0.3, 0.4) is 0 Å². The molecule has 0 aliphatic carbocycles. The summed E-state index contributed by atoms with van der Waals surface area (Å²) in [7, 11) is -4.22. The molecule has 3 rings (SSSR count). The molecule has 1 heterocycles. The number of alkyl halides is 3. The molecule has 3 aromatic rings. The summed E-state index contributed by atoms with van der Waals surface area (Å²) in [6.07, 6.45) is -1.60. The number of rotatable bonds is 7. The van der Waals surface area contributed by atoms with Crippen LogP contribution in [0, 0.1) is 0 Å². The lowest BCUT2D eigenvalue weighted by atomic mass is 10.1. The number of carbonyl (C=O) groups is 1. The minimum atomic E-state index is -4.64. The molecule has 0 spiro atoms. The lowest BCUT2D eigenvalue weighted by Gasteiger charge is -2.24. The first-order valence-electron chi connectivity index (χ1n) is 9.43. The van der Waals surface area contributed by atoms with Gasteiger partial charge in [0, 0.05) is 24.0 Å². The zero-order valence-corrected chi connectivity index (χ0v) is 18.5. The van der Waals surface area contributed by atoms with Crippen molar-refractivity contribution in [1.29, 1.82) is 0 Å². The van der Waals surface area contributed by atoms with Crippen LogP contribution in [0.15, 0.2) is 78.0 Å². The van der Waals surface area contributed by atoms with E-state index in [1.807, 2.05) is 0 Å². The molecular formula is C21H18ClF3N4O3S. The standard InChI is InChI=1S/C21H18ClF3N4O3S/c22-19-9-8-17(21(23,24)25)11-16(19)14-29(20(30)27-13-15-5-4-10-26-12-15)28-33(31,32)18-6-2-1-3-7-18/h1-12,28H,13-14H2,(H,27,30). The number of hydrogen-bond acceptors (Lipinski definition) is 4. The predicted octanol–water partition coefficient (Wildman–Crippen LogP) is 4.36. The van der Waals surface area contributed by atoms with Crippen molar-refractivity contribution in [1.82, 2.24) is 20.1 Å². The topological polar surface area (TPSA) is 91.4 Å². The zero-order valence-electron chi connectivity index (χ0n) is 16.9. The number of hydrogen-bond donors (Lipinski definition) is 2. The highest BCUT2D eigenvalue weighted by molar-refractivity contribution is 7.89. The Morgan fingerprint density at radius 3 is 2.42 bits per heavy atom. The number of carbonyl (C=O) groups excluding carboxylic acids is 1. The predicted molar refractivity (Wildman–Crippen MR) is 115 cm³/mol. The number of pyridine rings is 1. The van der Waals surface area contributed by atoms with Gasteiger partial charge in [-0.25, -0.2) is 18.2 Å². The van der Waals surface area contributed by atoms with Crippen LogP contribution in [-0.4, -0.2) is 24.4 Å². The second-order valence-corrected chi connectivity index (χ2v) is 8.89. The molecule has 1 aromatic heterocycles. The number of hydrazine groups is 1. The molecule has 33 heavy (non-hydrogen) atoms.